The van der Waals surface area contributed by atoms with E-state index in [4.69, 9.17) is 10.5 Å². The van der Waals surface area contributed by atoms with E-state index in [1.54, 1.807) is 0 Å². The van der Waals surface area contributed by atoms with Crippen molar-refractivity contribution in [3.63, 3.8) is 0 Å². The first-order valence-corrected chi connectivity index (χ1v) is 8.77. The fraction of sp³-hybridized carbons (Fsp3) is 1.00. The Hall–Kier alpha value is -0.120. The Morgan fingerprint density at radius 3 is 2.50 bits per heavy atom. The lowest BCUT2D eigenvalue weighted by molar-refractivity contribution is 0.0251. The summed E-state index contributed by atoms with van der Waals surface area (Å²) >= 11 is 0. The van der Waals surface area contributed by atoms with Gasteiger partial charge in [0.25, 0.3) is 0 Å². The van der Waals surface area contributed by atoms with Crippen molar-refractivity contribution >= 4 is 0 Å². The second-order valence-electron chi connectivity index (χ2n) is 7.02. The second-order valence-corrected chi connectivity index (χ2v) is 7.02. The third-order valence-electron chi connectivity index (χ3n) is 5.49. The van der Waals surface area contributed by atoms with Gasteiger partial charge in [0, 0.05) is 25.2 Å². The minimum absolute atomic E-state index is 0.279. The molecule has 0 aromatic carbocycles. The first kappa shape index (κ1) is 16.3. The maximum absolute atomic E-state index is 6.23. The Bertz CT molecular complexity index is 268. The summed E-state index contributed by atoms with van der Waals surface area (Å²) < 4.78 is 5.79. The highest BCUT2D eigenvalue weighted by atomic mass is 16.5. The fourth-order valence-electron chi connectivity index (χ4n) is 3.98. The molecule has 1 aliphatic carbocycles. The van der Waals surface area contributed by atoms with Crippen LogP contribution in [0.3, 0.4) is 0 Å². The summed E-state index contributed by atoms with van der Waals surface area (Å²) in [5.74, 6) is 0.885. The van der Waals surface area contributed by atoms with E-state index in [0.29, 0.717) is 6.10 Å². The van der Waals surface area contributed by atoms with Crippen molar-refractivity contribution in [1.29, 1.82) is 0 Å². The number of nitrogens with two attached hydrogens (primary N) is 1. The van der Waals surface area contributed by atoms with E-state index in [0.717, 1.165) is 19.1 Å². The van der Waals surface area contributed by atoms with Crippen LogP contribution >= 0.6 is 0 Å². The highest BCUT2D eigenvalue weighted by Gasteiger charge is 2.38. The molecule has 3 heteroatoms. The molecule has 0 aromatic heterocycles. The summed E-state index contributed by atoms with van der Waals surface area (Å²) in [4.78, 5) is 2.71. The van der Waals surface area contributed by atoms with Gasteiger partial charge in [0.1, 0.15) is 0 Å². The highest BCUT2D eigenvalue weighted by molar-refractivity contribution is 4.95. The van der Waals surface area contributed by atoms with Crippen LogP contribution in [-0.2, 0) is 4.74 Å². The Morgan fingerprint density at radius 1 is 1.20 bits per heavy atom. The molecule has 1 saturated carbocycles. The number of hydrogen-bond donors (Lipinski definition) is 1. The maximum atomic E-state index is 6.23. The zero-order valence-electron chi connectivity index (χ0n) is 13.6. The smallest absolute Gasteiger partial charge is 0.0588 e. The van der Waals surface area contributed by atoms with Gasteiger partial charge in [-0.1, -0.05) is 13.8 Å². The molecule has 3 nitrogen and oxygen atoms in total. The van der Waals surface area contributed by atoms with Crippen LogP contribution in [-0.4, -0.2) is 42.8 Å². The highest BCUT2D eigenvalue weighted by Crippen LogP contribution is 2.36. The van der Waals surface area contributed by atoms with Gasteiger partial charge in [0.2, 0.25) is 0 Å². The number of nitrogens with zero attached hydrogens (tertiary/aromatic N) is 1. The molecule has 0 amide bonds. The van der Waals surface area contributed by atoms with E-state index in [1.807, 2.05) is 0 Å². The van der Waals surface area contributed by atoms with E-state index in [2.05, 4.69) is 18.7 Å². The first-order chi connectivity index (χ1) is 9.70. The fourth-order valence-corrected chi connectivity index (χ4v) is 3.98. The van der Waals surface area contributed by atoms with Gasteiger partial charge in [0.15, 0.2) is 0 Å². The van der Waals surface area contributed by atoms with E-state index >= 15 is 0 Å². The minimum atomic E-state index is 0.279. The van der Waals surface area contributed by atoms with Gasteiger partial charge in [-0.15, -0.1) is 0 Å². The van der Waals surface area contributed by atoms with Gasteiger partial charge in [-0.05, 0) is 63.8 Å². The Balaban J connectivity index is 1.93. The zero-order valence-corrected chi connectivity index (χ0v) is 13.6. The number of hydrogen-bond acceptors (Lipinski definition) is 3. The van der Waals surface area contributed by atoms with Gasteiger partial charge in [0.05, 0.1) is 6.10 Å². The lowest BCUT2D eigenvalue weighted by atomic mass is 9.75. The monoisotopic (exact) mass is 282 g/mol. The Morgan fingerprint density at radius 2 is 1.95 bits per heavy atom. The maximum Gasteiger partial charge on any atom is 0.0588 e. The predicted molar refractivity (Wildman–Crippen MR) is 84.9 cm³/mol. The minimum Gasteiger partial charge on any atom is -0.378 e. The molecule has 0 aromatic rings. The second kappa shape index (κ2) is 7.77. The van der Waals surface area contributed by atoms with E-state index < -0.39 is 0 Å². The molecule has 2 rings (SSSR count). The molecule has 1 atom stereocenters. The number of ether oxygens (including phenoxy) is 1. The molecule has 0 bridgehead atoms. The zero-order chi connectivity index (χ0) is 14.4. The van der Waals surface area contributed by atoms with Crippen LogP contribution in [0.15, 0.2) is 0 Å². The summed E-state index contributed by atoms with van der Waals surface area (Å²) in [5.41, 5.74) is 6.50. The summed E-state index contributed by atoms with van der Waals surface area (Å²) in [5, 5.41) is 0. The summed E-state index contributed by atoms with van der Waals surface area (Å²) in [6, 6.07) is 0. The molecule has 1 saturated heterocycles. The van der Waals surface area contributed by atoms with Crippen LogP contribution in [0.2, 0.25) is 0 Å². The molecule has 2 N–H and O–H groups in total. The van der Waals surface area contributed by atoms with Gasteiger partial charge >= 0.3 is 0 Å². The third kappa shape index (κ3) is 3.96. The standard InChI is InChI=1S/C17H34N2O/c1-3-11-19(12-8-16-5-4-13-20-16)17(14-18)9-6-15(2)7-10-17/h15-16H,3-14,18H2,1-2H3. The van der Waals surface area contributed by atoms with Crippen molar-refractivity contribution in [2.45, 2.75) is 76.9 Å². The summed E-state index contributed by atoms with van der Waals surface area (Å²) in [7, 11) is 0. The molecule has 2 fully saturated rings. The average Bonchev–Trinajstić information content (AvgIpc) is 2.98. The predicted octanol–water partition coefficient (Wildman–Crippen LogP) is 3.18. The largest absolute Gasteiger partial charge is 0.378 e. The van der Waals surface area contributed by atoms with E-state index in [1.165, 1.54) is 64.5 Å². The topological polar surface area (TPSA) is 38.5 Å². The SMILES string of the molecule is CCCN(CCC1CCCO1)C1(CN)CCC(C)CC1. The lowest BCUT2D eigenvalue weighted by Crippen LogP contribution is -2.56. The molecule has 118 valence electrons. The third-order valence-corrected chi connectivity index (χ3v) is 5.49. The van der Waals surface area contributed by atoms with Crippen molar-refractivity contribution in [2.75, 3.05) is 26.2 Å². The lowest BCUT2D eigenvalue weighted by Gasteiger charge is -2.47. The van der Waals surface area contributed by atoms with Gasteiger partial charge < -0.3 is 10.5 Å². The first-order valence-electron chi connectivity index (χ1n) is 8.77. The van der Waals surface area contributed by atoms with Crippen molar-refractivity contribution in [3.8, 4) is 0 Å². The molecular weight excluding hydrogens is 248 g/mol. The van der Waals surface area contributed by atoms with Crippen molar-refractivity contribution in [3.05, 3.63) is 0 Å². The van der Waals surface area contributed by atoms with E-state index in [-0.39, 0.29) is 5.54 Å². The van der Waals surface area contributed by atoms with Crippen LogP contribution < -0.4 is 5.73 Å². The Kier molecular flexibility index (Phi) is 6.31. The van der Waals surface area contributed by atoms with Gasteiger partial charge in [-0.2, -0.15) is 0 Å². The Labute approximate surface area is 125 Å². The van der Waals surface area contributed by atoms with Crippen molar-refractivity contribution in [1.82, 2.24) is 4.90 Å². The number of rotatable bonds is 7. The molecule has 1 unspecified atom stereocenters. The summed E-state index contributed by atoms with van der Waals surface area (Å²) in [6.45, 7) is 8.83. The van der Waals surface area contributed by atoms with Crippen LogP contribution in [0.4, 0.5) is 0 Å². The van der Waals surface area contributed by atoms with Crippen LogP contribution in [0.1, 0.15) is 65.2 Å². The van der Waals surface area contributed by atoms with Crippen LogP contribution in [0.5, 0.6) is 0 Å². The van der Waals surface area contributed by atoms with E-state index in [9.17, 15) is 0 Å². The molecule has 0 spiro atoms. The molecule has 1 aliphatic heterocycles. The molecular formula is C17H34N2O. The van der Waals surface area contributed by atoms with Gasteiger partial charge in [-0.3, -0.25) is 4.90 Å². The molecule has 20 heavy (non-hydrogen) atoms. The summed E-state index contributed by atoms with van der Waals surface area (Å²) in [6.07, 6.45) is 10.7. The van der Waals surface area contributed by atoms with Crippen LogP contribution in [0.25, 0.3) is 0 Å². The molecule has 1 heterocycles. The average molecular weight is 282 g/mol. The van der Waals surface area contributed by atoms with Gasteiger partial charge in [-0.25, -0.2) is 0 Å². The molecule has 2 aliphatic rings. The molecule has 0 radical (unpaired) electrons. The normalized spacial score (nSPS) is 34.8. The van der Waals surface area contributed by atoms with Crippen molar-refractivity contribution < 1.29 is 4.74 Å². The van der Waals surface area contributed by atoms with Crippen molar-refractivity contribution in [2.24, 2.45) is 11.7 Å². The quantitative estimate of drug-likeness (QED) is 0.779. The van der Waals surface area contributed by atoms with Crippen LogP contribution in [0, 0.1) is 5.92 Å².